The molecule has 4 rings (SSSR count). The summed E-state index contributed by atoms with van der Waals surface area (Å²) in [4.78, 5) is 0. The number of hydrogen-bond donors (Lipinski definition) is 1. The molecule has 2 aromatic rings. The van der Waals surface area contributed by atoms with Crippen molar-refractivity contribution in [1.29, 1.82) is 0 Å². The van der Waals surface area contributed by atoms with Gasteiger partial charge in [-0.1, -0.05) is 0 Å². The molecule has 0 saturated heterocycles. The fourth-order valence-corrected chi connectivity index (χ4v) is 3.35. The van der Waals surface area contributed by atoms with Crippen molar-refractivity contribution in [1.82, 2.24) is 0 Å². The van der Waals surface area contributed by atoms with Gasteiger partial charge in [-0.25, -0.2) is 0 Å². The van der Waals surface area contributed by atoms with E-state index in [4.69, 9.17) is 18.9 Å². The zero-order chi connectivity index (χ0) is 16.4. The number of halogens is 1. The lowest BCUT2D eigenvalue weighted by Gasteiger charge is -2.19. The Bertz CT molecular complexity index is 750. The standard InChI is InChI=1S/C18H18BrNO4/c19-14-8-12(9-17-18(14)24-5-1-4-21-17)11-20-13-2-3-15-16(10-13)23-7-6-22-15/h2-3,8-10,20H,1,4-7,11H2. The quantitative estimate of drug-likeness (QED) is 0.856. The van der Waals surface area contributed by atoms with Gasteiger partial charge in [0.05, 0.1) is 17.7 Å². The second-order valence-electron chi connectivity index (χ2n) is 5.67. The molecule has 5 nitrogen and oxygen atoms in total. The van der Waals surface area contributed by atoms with Gasteiger partial charge in [0, 0.05) is 24.7 Å². The monoisotopic (exact) mass is 391 g/mol. The normalized spacial score (nSPS) is 15.5. The van der Waals surface area contributed by atoms with Crippen LogP contribution in [0.4, 0.5) is 5.69 Å². The smallest absolute Gasteiger partial charge is 0.175 e. The third kappa shape index (κ3) is 3.24. The van der Waals surface area contributed by atoms with Crippen LogP contribution in [0, 0.1) is 0 Å². The minimum atomic E-state index is 0.589. The Morgan fingerprint density at radius 1 is 0.833 bits per heavy atom. The molecule has 0 spiro atoms. The molecule has 0 fully saturated rings. The first-order valence-corrected chi connectivity index (χ1v) is 8.80. The van der Waals surface area contributed by atoms with Crippen molar-refractivity contribution in [2.45, 2.75) is 13.0 Å². The molecule has 0 radical (unpaired) electrons. The summed E-state index contributed by atoms with van der Waals surface area (Å²) in [7, 11) is 0. The van der Waals surface area contributed by atoms with Gasteiger partial charge in [0.15, 0.2) is 23.0 Å². The highest BCUT2D eigenvalue weighted by Crippen LogP contribution is 2.38. The van der Waals surface area contributed by atoms with Crippen molar-refractivity contribution in [2.24, 2.45) is 0 Å². The minimum Gasteiger partial charge on any atom is -0.490 e. The summed E-state index contributed by atoms with van der Waals surface area (Å²) in [5, 5.41) is 3.41. The number of fused-ring (bicyclic) bond motifs is 2. The second-order valence-corrected chi connectivity index (χ2v) is 6.52. The van der Waals surface area contributed by atoms with Gasteiger partial charge < -0.3 is 24.3 Å². The van der Waals surface area contributed by atoms with E-state index >= 15 is 0 Å². The van der Waals surface area contributed by atoms with E-state index in [0.29, 0.717) is 33.0 Å². The van der Waals surface area contributed by atoms with Gasteiger partial charge in [-0.2, -0.15) is 0 Å². The maximum absolute atomic E-state index is 5.78. The lowest BCUT2D eigenvalue weighted by molar-refractivity contribution is 0.171. The van der Waals surface area contributed by atoms with Crippen molar-refractivity contribution in [3.05, 3.63) is 40.4 Å². The third-order valence-electron chi connectivity index (χ3n) is 3.90. The first-order valence-electron chi connectivity index (χ1n) is 8.01. The second kappa shape index (κ2) is 6.81. The van der Waals surface area contributed by atoms with Crippen LogP contribution in [0.1, 0.15) is 12.0 Å². The Kier molecular flexibility index (Phi) is 4.38. The Labute approximate surface area is 149 Å². The summed E-state index contributed by atoms with van der Waals surface area (Å²) in [6.45, 7) is 3.23. The van der Waals surface area contributed by atoms with Crippen molar-refractivity contribution >= 4 is 21.6 Å². The number of anilines is 1. The lowest BCUT2D eigenvalue weighted by atomic mass is 10.2. The first kappa shape index (κ1) is 15.4. The molecule has 2 heterocycles. The van der Waals surface area contributed by atoms with Gasteiger partial charge in [0.1, 0.15) is 13.2 Å². The molecule has 2 aliphatic heterocycles. The van der Waals surface area contributed by atoms with Gasteiger partial charge >= 0.3 is 0 Å². The van der Waals surface area contributed by atoms with Crippen LogP contribution in [0.25, 0.3) is 0 Å². The molecule has 2 aliphatic rings. The summed E-state index contributed by atoms with van der Waals surface area (Å²) < 4.78 is 23.6. The first-order chi connectivity index (χ1) is 11.8. The highest BCUT2D eigenvalue weighted by atomic mass is 79.9. The molecule has 0 atom stereocenters. The highest BCUT2D eigenvalue weighted by Gasteiger charge is 2.16. The molecule has 0 bridgehead atoms. The zero-order valence-electron chi connectivity index (χ0n) is 13.1. The molecule has 0 saturated carbocycles. The van der Waals surface area contributed by atoms with Crippen LogP contribution in [-0.4, -0.2) is 26.4 Å². The number of ether oxygens (including phenoxy) is 4. The van der Waals surface area contributed by atoms with E-state index in [0.717, 1.165) is 45.1 Å². The summed E-state index contributed by atoms with van der Waals surface area (Å²) >= 11 is 3.57. The van der Waals surface area contributed by atoms with Crippen molar-refractivity contribution in [3.8, 4) is 23.0 Å². The average molecular weight is 392 g/mol. The molecule has 126 valence electrons. The maximum atomic E-state index is 5.78. The minimum absolute atomic E-state index is 0.589. The maximum Gasteiger partial charge on any atom is 0.175 e. The summed E-state index contributed by atoms with van der Waals surface area (Å²) in [6.07, 6.45) is 0.895. The largest absolute Gasteiger partial charge is 0.490 e. The summed E-state index contributed by atoms with van der Waals surface area (Å²) in [5.41, 5.74) is 2.10. The van der Waals surface area contributed by atoms with Gasteiger partial charge in [-0.15, -0.1) is 0 Å². The average Bonchev–Trinajstić information content (AvgIpc) is 2.86. The van der Waals surface area contributed by atoms with E-state index in [2.05, 4.69) is 27.3 Å². The number of nitrogens with one attached hydrogen (secondary N) is 1. The van der Waals surface area contributed by atoms with E-state index in [1.165, 1.54) is 0 Å². The number of rotatable bonds is 3. The lowest BCUT2D eigenvalue weighted by Crippen LogP contribution is -2.15. The molecule has 1 N–H and O–H groups in total. The molecule has 2 aromatic carbocycles. The van der Waals surface area contributed by atoms with Gasteiger partial charge in [-0.3, -0.25) is 0 Å². The van der Waals surface area contributed by atoms with Crippen molar-refractivity contribution in [2.75, 3.05) is 31.7 Å². The van der Waals surface area contributed by atoms with Crippen LogP contribution in [0.15, 0.2) is 34.8 Å². The number of benzene rings is 2. The van der Waals surface area contributed by atoms with Crippen molar-refractivity contribution in [3.63, 3.8) is 0 Å². The predicted octanol–water partition coefficient (Wildman–Crippen LogP) is 3.99. The van der Waals surface area contributed by atoms with Gasteiger partial charge in [0.2, 0.25) is 0 Å². The molecule has 24 heavy (non-hydrogen) atoms. The number of hydrogen-bond acceptors (Lipinski definition) is 5. The fourth-order valence-electron chi connectivity index (χ4n) is 2.74. The Balaban J connectivity index is 1.50. The molecular formula is C18H18BrNO4. The fraction of sp³-hybridized carbons (Fsp3) is 0.333. The van der Waals surface area contributed by atoms with E-state index in [1.807, 2.05) is 24.3 Å². The van der Waals surface area contributed by atoms with Crippen LogP contribution in [0.5, 0.6) is 23.0 Å². The molecule has 6 heteroatoms. The Morgan fingerprint density at radius 3 is 2.54 bits per heavy atom. The van der Waals surface area contributed by atoms with Gasteiger partial charge in [-0.05, 0) is 45.8 Å². The van der Waals surface area contributed by atoms with Crippen LogP contribution in [0.2, 0.25) is 0 Å². The van der Waals surface area contributed by atoms with Crippen LogP contribution >= 0.6 is 15.9 Å². The van der Waals surface area contributed by atoms with Crippen LogP contribution in [-0.2, 0) is 6.54 Å². The third-order valence-corrected chi connectivity index (χ3v) is 4.49. The van der Waals surface area contributed by atoms with E-state index in [1.54, 1.807) is 0 Å². The molecular weight excluding hydrogens is 374 g/mol. The van der Waals surface area contributed by atoms with Gasteiger partial charge in [0.25, 0.3) is 0 Å². The highest BCUT2D eigenvalue weighted by molar-refractivity contribution is 9.10. The molecule has 0 aromatic heterocycles. The SMILES string of the molecule is Brc1cc(CNc2ccc3c(c2)OCCO3)cc2c1OCCCO2. The summed E-state index contributed by atoms with van der Waals surface area (Å²) in [6, 6.07) is 9.97. The van der Waals surface area contributed by atoms with Crippen LogP contribution < -0.4 is 24.3 Å². The van der Waals surface area contributed by atoms with Crippen molar-refractivity contribution < 1.29 is 18.9 Å². The molecule has 0 amide bonds. The Hall–Kier alpha value is -2.08. The van der Waals surface area contributed by atoms with E-state index in [-0.39, 0.29) is 0 Å². The predicted molar refractivity (Wildman–Crippen MR) is 94.5 cm³/mol. The molecule has 0 unspecified atom stereocenters. The molecule has 0 aliphatic carbocycles. The Morgan fingerprint density at radius 2 is 1.62 bits per heavy atom. The van der Waals surface area contributed by atoms with E-state index in [9.17, 15) is 0 Å². The zero-order valence-corrected chi connectivity index (χ0v) is 14.7. The van der Waals surface area contributed by atoms with Crippen LogP contribution in [0.3, 0.4) is 0 Å². The van der Waals surface area contributed by atoms with E-state index < -0.39 is 0 Å². The topological polar surface area (TPSA) is 49.0 Å². The summed E-state index contributed by atoms with van der Waals surface area (Å²) in [5.74, 6) is 3.16.